The van der Waals surface area contributed by atoms with Gasteiger partial charge in [0.1, 0.15) is 0 Å². The van der Waals surface area contributed by atoms with Gasteiger partial charge in [-0.3, -0.25) is 0 Å². The van der Waals surface area contributed by atoms with Gasteiger partial charge < -0.3 is 15.3 Å². The third-order valence-corrected chi connectivity index (χ3v) is 5.32. The maximum atomic E-state index is 12.9. The van der Waals surface area contributed by atoms with E-state index in [9.17, 15) is 9.90 Å². The fourth-order valence-corrected chi connectivity index (χ4v) is 3.72. The predicted molar refractivity (Wildman–Crippen MR) is 98.1 cm³/mol. The van der Waals surface area contributed by atoms with Gasteiger partial charge in [0.2, 0.25) is 0 Å². The summed E-state index contributed by atoms with van der Waals surface area (Å²) in [5.41, 5.74) is 2.93. The highest BCUT2D eigenvalue weighted by Crippen LogP contribution is 2.33. The number of hydrogen-bond acceptors (Lipinski definition) is 3. The van der Waals surface area contributed by atoms with E-state index in [0.29, 0.717) is 6.54 Å². The van der Waals surface area contributed by atoms with Gasteiger partial charge in [-0.15, -0.1) is 0 Å². The summed E-state index contributed by atoms with van der Waals surface area (Å²) in [6.45, 7) is 6.53. The SMILES string of the molecule is CCC1(CO)CCCN1C(=O)Nc1c(C)nn(-c2ccccc2)c1C. The minimum absolute atomic E-state index is 0.00182. The lowest BCUT2D eigenvalue weighted by atomic mass is 9.94. The molecule has 0 spiro atoms. The van der Waals surface area contributed by atoms with Gasteiger partial charge in [-0.05, 0) is 45.2 Å². The Labute approximate surface area is 148 Å². The van der Waals surface area contributed by atoms with E-state index in [1.54, 1.807) is 4.90 Å². The number of rotatable bonds is 4. The van der Waals surface area contributed by atoms with Crippen LogP contribution in [0, 0.1) is 13.8 Å². The summed E-state index contributed by atoms with van der Waals surface area (Å²) in [4.78, 5) is 14.6. The van der Waals surface area contributed by atoms with Crippen molar-refractivity contribution < 1.29 is 9.90 Å². The zero-order valence-electron chi connectivity index (χ0n) is 15.1. The standard InChI is InChI=1S/C19H26N4O2/c1-4-19(13-24)11-8-12-22(19)18(25)20-17-14(2)21-23(15(17)3)16-9-6-5-7-10-16/h5-7,9-10,24H,4,8,11-13H2,1-3H3,(H,20,25). The lowest BCUT2D eigenvalue weighted by molar-refractivity contribution is 0.0867. The summed E-state index contributed by atoms with van der Waals surface area (Å²) in [6, 6.07) is 9.70. The predicted octanol–water partition coefficient (Wildman–Crippen LogP) is 3.26. The van der Waals surface area contributed by atoms with E-state index < -0.39 is 5.54 Å². The number of urea groups is 1. The number of aromatic nitrogens is 2. The number of hydrogen-bond donors (Lipinski definition) is 2. The maximum Gasteiger partial charge on any atom is 0.322 e. The zero-order chi connectivity index (χ0) is 18.0. The second-order valence-electron chi connectivity index (χ2n) is 6.71. The van der Waals surface area contributed by atoms with Crippen molar-refractivity contribution in [1.82, 2.24) is 14.7 Å². The first-order chi connectivity index (χ1) is 12.0. The average molecular weight is 342 g/mol. The molecule has 1 aliphatic rings. The fraction of sp³-hybridized carbons (Fsp3) is 0.474. The maximum absolute atomic E-state index is 12.9. The highest BCUT2D eigenvalue weighted by Gasteiger charge is 2.42. The van der Waals surface area contributed by atoms with Crippen LogP contribution < -0.4 is 5.32 Å². The number of aryl methyl sites for hydroxylation is 1. The van der Waals surface area contributed by atoms with Gasteiger partial charge in [-0.1, -0.05) is 25.1 Å². The van der Waals surface area contributed by atoms with Crippen molar-refractivity contribution in [3.8, 4) is 5.69 Å². The van der Waals surface area contributed by atoms with Crippen LogP contribution in [0.3, 0.4) is 0 Å². The molecule has 2 amide bonds. The summed E-state index contributed by atoms with van der Waals surface area (Å²) in [7, 11) is 0. The molecule has 2 aromatic rings. The number of nitrogens with zero attached hydrogens (tertiary/aromatic N) is 3. The Balaban J connectivity index is 1.86. The molecule has 6 heteroatoms. The first kappa shape index (κ1) is 17.5. The minimum atomic E-state index is -0.443. The molecule has 3 rings (SSSR count). The van der Waals surface area contributed by atoms with Gasteiger partial charge in [0.25, 0.3) is 0 Å². The van der Waals surface area contributed by atoms with Gasteiger partial charge in [0, 0.05) is 6.54 Å². The Kier molecular flexibility index (Phi) is 4.81. The first-order valence-corrected chi connectivity index (χ1v) is 8.83. The van der Waals surface area contributed by atoms with Crippen LogP contribution >= 0.6 is 0 Å². The highest BCUT2D eigenvalue weighted by molar-refractivity contribution is 5.91. The minimum Gasteiger partial charge on any atom is -0.394 e. The Hall–Kier alpha value is -2.34. The third-order valence-electron chi connectivity index (χ3n) is 5.32. The number of aliphatic hydroxyl groups is 1. The highest BCUT2D eigenvalue weighted by atomic mass is 16.3. The molecule has 1 atom stereocenters. The van der Waals surface area contributed by atoms with Crippen LogP contribution in [0.25, 0.3) is 5.69 Å². The Bertz CT molecular complexity index is 750. The smallest absolute Gasteiger partial charge is 0.322 e. The second kappa shape index (κ2) is 6.88. The zero-order valence-corrected chi connectivity index (χ0v) is 15.1. The van der Waals surface area contributed by atoms with Gasteiger partial charge in [0.05, 0.1) is 34.9 Å². The average Bonchev–Trinajstić information content (AvgIpc) is 3.19. The number of anilines is 1. The molecule has 2 N–H and O–H groups in total. The largest absolute Gasteiger partial charge is 0.394 e. The van der Waals surface area contributed by atoms with Crippen molar-refractivity contribution in [1.29, 1.82) is 0 Å². The summed E-state index contributed by atoms with van der Waals surface area (Å²) < 4.78 is 1.84. The molecular formula is C19H26N4O2. The quantitative estimate of drug-likeness (QED) is 0.896. The molecule has 1 aromatic heterocycles. The molecule has 1 saturated heterocycles. The second-order valence-corrected chi connectivity index (χ2v) is 6.71. The molecule has 25 heavy (non-hydrogen) atoms. The number of likely N-dealkylation sites (tertiary alicyclic amines) is 1. The molecule has 134 valence electrons. The Morgan fingerprint density at radius 1 is 1.32 bits per heavy atom. The lowest BCUT2D eigenvalue weighted by Crippen LogP contribution is -2.51. The van der Waals surface area contributed by atoms with Crippen LogP contribution in [0.2, 0.25) is 0 Å². The molecule has 0 radical (unpaired) electrons. The number of carbonyl (C=O) groups is 1. The van der Waals surface area contributed by atoms with E-state index in [-0.39, 0.29) is 12.6 Å². The number of carbonyl (C=O) groups excluding carboxylic acids is 1. The molecule has 0 bridgehead atoms. The normalized spacial score (nSPS) is 20.1. The van der Waals surface area contributed by atoms with Crippen LogP contribution in [0.15, 0.2) is 30.3 Å². The van der Waals surface area contributed by atoms with Crippen LogP contribution in [-0.4, -0.2) is 44.5 Å². The fourth-order valence-electron chi connectivity index (χ4n) is 3.72. The Morgan fingerprint density at radius 2 is 2.04 bits per heavy atom. The molecule has 0 saturated carbocycles. The van der Waals surface area contributed by atoms with Gasteiger partial charge in [-0.25, -0.2) is 9.48 Å². The van der Waals surface area contributed by atoms with Crippen molar-refractivity contribution >= 4 is 11.7 Å². The molecule has 2 heterocycles. The van der Waals surface area contributed by atoms with E-state index in [0.717, 1.165) is 42.0 Å². The van der Waals surface area contributed by atoms with Gasteiger partial charge in [0.15, 0.2) is 0 Å². The van der Waals surface area contributed by atoms with Gasteiger partial charge >= 0.3 is 6.03 Å². The number of benzene rings is 1. The third kappa shape index (κ3) is 3.02. The monoisotopic (exact) mass is 342 g/mol. The summed E-state index contributed by atoms with van der Waals surface area (Å²) in [6.07, 6.45) is 2.51. The lowest BCUT2D eigenvalue weighted by Gasteiger charge is -2.36. The number of aliphatic hydroxyl groups excluding tert-OH is 1. The molecule has 1 unspecified atom stereocenters. The number of para-hydroxylation sites is 1. The molecular weight excluding hydrogens is 316 g/mol. The van der Waals surface area contributed by atoms with E-state index in [2.05, 4.69) is 10.4 Å². The van der Waals surface area contributed by atoms with E-state index in [4.69, 9.17) is 0 Å². The van der Waals surface area contributed by atoms with Gasteiger partial charge in [-0.2, -0.15) is 5.10 Å². The molecule has 1 aromatic carbocycles. The van der Waals surface area contributed by atoms with E-state index in [1.165, 1.54) is 0 Å². The molecule has 6 nitrogen and oxygen atoms in total. The van der Waals surface area contributed by atoms with Crippen LogP contribution in [0.1, 0.15) is 37.6 Å². The first-order valence-electron chi connectivity index (χ1n) is 8.83. The van der Waals surface area contributed by atoms with Crippen LogP contribution in [0.4, 0.5) is 10.5 Å². The molecule has 1 aliphatic heterocycles. The topological polar surface area (TPSA) is 70.4 Å². The van der Waals surface area contributed by atoms with Crippen LogP contribution in [0.5, 0.6) is 0 Å². The number of amides is 2. The van der Waals surface area contributed by atoms with Crippen molar-refractivity contribution in [3.63, 3.8) is 0 Å². The summed E-state index contributed by atoms with van der Waals surface area (Å²) in [5, 5.41) is 17.4. The van der Waals surface area contributed by atoms with Crippen LogP contribution in [-0.2, 0) is 0 Å². The van der Waals surface area contributed by atoms with E-state index >= 15 is 0 Å². The molecule has 0 aliphatic carbocycles. The Morgan fingerprint density at radius 3 is 2.68 bits per heavy atom. The van der Waals surface area contributed by atoms with Crippen molar-refractivity contribution in [3.05, 3.63) is 41.7 Å². The molecule has 1 fully saturated rings. The summed E-state index contributed by atoms with van der Waals surface area (Å²) in [5.74, 6) is 0. The summed E-state index contributed by atoms with van der Waals surface area (Å²) >= 11 is 0. The van der Waals surface area contributed by atoms with Crippen molar-refractivity contribution in [2.75, 3.05) is 18.5 Å². The van der Waals surface area contributed by atoms with E-state index in [1.807, 2.05) is 55.8 Å². The van der Waals surface area contributed by atoms with Crippen molar-refractivity contribution in [2.24, 2.45) is 0 Å². The van der Waals surface area contributed by atoms with Crippen molar-refractivity contribution in [2.45, 2.75) is 45.6 Å². The number of nitrogens with one attached hydrogen (secondary N) is 1.